The molecule has 3 aromatic carbocycles. The van der Waals surface area contributed by atoms with Crippen LogP contribution in [0.1, 0.15) is 44.3 Å². The Labute approximate surface area is 256 Å². The van der Waals surface area contributed by atoms with Crippen molar-refractivity contribution in [2.24, 2.45) is 0 Å². The predicted molar refractivity (Wildman–Crippen MR) is 165 cm³/mol. The second kappa shape index (κ2) is 13.2. The SMILES string of the molecule is CCOc1ccc2c(c1)Oc1cc(O)ccc1C21OC(=O)c2cc(C(=O)NCCN3CCNCCNCCNCC3)ccc21. The van der Waals surface area contributed by atoms with Crippen molar-refractivity contribution in [1.82, 2.24) is 26.2 Å². The molecule has 1 saturated heterocycles. The van der Waals surface area contributed by atoms with Gasteiger partial charge in [0.15, 0.2) is 5.60 Å². The highest BCUT2D eigenvalue weighted by Crippen LogP contribution is 2.57. The molecule has 0 radical (unpaired) electrons. The summed E-state index contributed by atoms with van der Waals surface area (Å²) in [5.41, 5.74) is 1.22. The van der Waals surface area contributed by atoms with Crippen molar-refractivity contribution in [2.45, 2.75) is 12.5 Å². The molecule has 44 heavy (non-hydrogen) atoms. The number of hydrogen-bond acceptors (Lipinski definition) is 10. The topological polar surface area (TPSA) is 133 Å². The largest absolute Gasteiger partial charge is 0.508 e. The Morgan fingerprint density at radius 1 is 0.909 bits per heavy atom. The number of carbonyl (C=O) groups is 2. The highest BCUT2D eigenvalue weighted by atomic mass is 16.6. The number of benzene rings is 3. The van der Waals surface area contributed by atoms with E-state index in [-0.39, 0.29) is 11.7 Å². The van der Waals surface area contributed by atoms with Gasteiger partial charge >= 0.3 is 5.97 Å². The van der Waals surface area contributed by atoms with E-state index in [0.717, 1.165) is 52.4 Å². The van der Waals surface area contributed by atoms with E-state index in [4.69, 9.17) is 14.2 Å². The number of phenols is 1. The molecule has 3 aromatic rings. The lowest BCUT2D eigenvalue weighted by molar-refractivity contribution is 0.0224. The summed E-state index contributed by atoms with van der Waals surface area (Å²) in [6.07, 6.45) is 0. The first-order valence-electron chi connectivity index (χ1n) is 15.3. The highest BCUT2D eigenvalue weighted by molar-refractivity contribution is 6.01. The molecule has 0 bridgehead atoms. The second-order valence-corrected chi connectivity index (χ2v) is 11.1. The van der Waals surface area contributed by atoms with Crippen LogP contribution < -0.4 is 30.7 Å². The van der Waals surface area contributed by atoms with Crippen LogP contribution in [0.4, 0.5) is 0 Å². The Balaban J connectivity index is 1.22. The van der Waals surface area contributed by atoms with Gasteiger partial charge in [-0.05, 0) is 43.3 Å². The molecular formula is C33H39N5O6. The van der Waals surface area contributed by atoms with Crippen LogP contribution in [0.25, 0.3) is 0 Å². The van der Waals surface area contributed by atoms with Crippen LogP contribution in [0.15, 0.2) is 54.6 Å². The third-order valence-electron chi connectivity index (χ3n) is 8.21. The van der Waals surface area contributed by atoms with Gasteiger partial charge in [-0.25, -0.2) is 4.79 Å². The standard InChI is InChI=1S/C33H39N5O6/c1-2-42-24-5-8-28-30(21-24)43-29-20-23(39)4-7-27(29)33(28)26-6-3-22(19-25(26)32(41)44-33)31(40)37-15-18-38-16-13-35-11-9-34-10-12-36-14-17-38/h3-8,19-21,34-36,39H,2,9-18H2,1H3,(H,37,40). The van der Waals surface area contributed by atoms with Crippen LogP contribution >= 0.6 is 0 Å². The summed E-state index contributed by atoms with van der Waals surface area (Å²) in [6.45, 7) is 10.9. The molecule has 11 heteroatoms. The van der Waals surface area contributed by atoms with Crippen molar-refractivity contribution in [1.29, 1.82) is 0 Å². The van der Waals surface area contributed by atoms with Gasteiger partial charge in [0.25, 0.3) is 5.91 Å². The molecule has 0 aliphatic carbocycles. The number of aromatic hydroxyl groups is 1. The predicted octanol–water partition coefficient (Wildman–Crippen LogP) is 2.17. The van der Waals surface area contributed by atoms with Gasteiger partial charge in [-0.15, -0.1) is 0 Å². The van der Waals surface area contributed by atoms with E-state index in [0.29, 0.717) is 64.8 Å². The van der Waals surface area contributed by atoms with Crippen molar-refractivity contribution in [3.05, 3.63) is 82.4 Å². The fourth-order valence-corrected chi connectivity index (χ4v) is 6.06. The second-order valence-electron chi connectivity index (χ2n) is 11.1. The zero-order valence-electron chi connectivity index (χ0n) is 24.9. The van der Waals surface area contributed by atoms with Crippen molar-refractivity contribution < 1.29 is 28.9 Å². The van der Waals surface area contributed by atoms with Crippen molar-refractivity contribution >= 4 is 11.9 Å². The molecule has 1 unspecified atom stereocenters. The first-order chi connectivity index (χ1) is 21.5. The number of fused-ring (bicyclic) bond motifs is 6. The lowest BCUT2D eigenvalue weighted by Gasteiger charge is -2.36. The molecule has 3 aliphatic rings. The first kappa shape index (κ1) is 29.9. The molecule has 3 aliphatic heterocycles. The molecule has 11 nitrogen and oxygen atoms in total. The number of phenolic OH excluding ortho intramolecular Hbond substituents is 1. The summed E-state index contributed by atoms with van der Waals surface area (Å²) >= 11 is 0. The number of rotatable bonds is 6. The average Bonchev–Trinajstić information content (AvgIpc) is 3.30. The maximum atomic E-state index is 13.5. The number of hydrogen-bond donors (Lipinski definition) is 5. The van der Waals surface area contributed by atoms with Gasteiger partial charge in [0.1, 0.15) is 23.0 Å². The van der Waals surface area contributed by atoms with Crippen LogP contribution in [0.2, 0.25) is 0 Å². The molecule has 5 N–H and O–H groups in total. The summed E-state index contributed by atoms with van der Waals surface area (Å²) in [5.74, 6) is 0.677. The zero-order chi connectivity index (χ0) is 30.5. The molecule has 1 spiro atoms. The summed E-state index contributed by atoms with van der Waals surface area (Å²) in [5, 5.41) is 23.5. The van der Waals surface area contributed by atoms with Gasteiger partial charge in [-0.2, -0.15) is 0 Å². The number of ether oxygens (including phenoxy) is 3. The van der Waals surface area contributed by atoms with Crippen molar-refractivity contribution in [3.63, 3.8) is 0 Å². The molecule has 232 valence electrons. The minimum Gasteiger partial charge on any atom is -0.508 e. The molecule has 0 aromatic heterocycles. The highest BCUT2D eigenvalue weighted by Gasteiger charge is 2.53. The van der Waals surface area contributed by atoms with Gasteiger partial charge in [-0.1, -0.05) is 6.07 Å². The van der Waals surface area contributed by atoms with E-state index in [9.17, 15) is 14.7 Å². The summed E-state index contributed by atoms with van der Waals surface area (Å²) in [6, 6.07) is 15.2. The Morgan fingerprint density at radius 3 is 2.30 bits per heavy atom. The molecule has 1 fully saturated rings. The third kappa shape index (κ3) is 5.96. The molecule has 6 rings (SSSR count). The average molecular weight is 602 g/mol. The van der Waals surface area contributed by atoms with Crippen LogP contribution in [-0.4, -0.2) is 93.9 Å². The fourth-order valence-electron chi connectivity index (χ4n) is 6.06. The summed E-state index contributed by atoms with van der Waals surface area (Å²) < 4.78 is 18.1. The van der Waals surface area contributed by atoms with Crippen LogP contribution in [-0.2, 0) is 10.3 Å². The maximum absolute atomic E-state index is 13.5. The fraction of sp³-hybridized carbons (Fsp3) is 0.394. The van der Waals surface area contributed by atoms with E-state index in [2.05, 4.69) is 26.2 Å². The number of amides is 1. The van der Waals surface area contributed by atoms with Gasteiger partial charge in [-0.3, -0.25) is 9.69 Å². The Kier molecular flexibility index (Phi) is 8.99. The van der Waals surface area contributed by atoms with Gasteiger partial charge < -0.3 is 40.6 Å². The number of carbonyl (C=O) groups excluding carboxylic acids is 2. The molecular weight excluding hydrogens is 562 g/mol. The molecule has 1 atom stereocenters. The number of nitrogens with zero attached hydrogens (tertiary/aromatic N) is 1. The third-order valence-corrected chi connectivity index (χ3v) is 8.21. The minimum atomic E-state index is -1.30. The van der Waals surface area contributed by atoms with Crippen LogP contribution in [0.3, 0.4) is 0 Å². The maximum Gasteiger partial charge on any atom is 0.340 e. The lowest BCUT2D eigenvalue weighted by Crippen LogP contribution is -2.44. The van der Waals surface area contributed by atoms with Crippen molar-refractivity contribution in [2.75, 3.05) is 72.1 Å². The van der Waals surface area contributed by atoms with E-state index in [1.807, 2.05) is 19.1 Å². The van der Waals surface area contributed by atoms with Crippen LogP contribution in [0.5, 0.6) is 23.0 Å². The van der Waals surface area contributed by atoms with Crippen LogP contribution in [0, 0.1) is 0 Å². The molecule has 1 amide bonds. The number of nitrogens with one attached hydrogen (secondary N) is 4. The smallest absolute Gasteiger partial charge is 0.340 e. The zero-order valence-corrected chi connectivity index (χ0v) is 24.9. The van der Waals surface area contributed by atoms with Gasteiger partial charge in [0.05, 0.1) is 12.2 Å². The normalized spacial score (nSPS) is 20.2. The Morgan fingerprint density at radius 2 is 1.57 bits per heavy atom. The van der Waals surface area contributed by atoms with Crippen molar-refractivity contribution in [3.8, 4) is 23.0 Å². The minimum absolute atomic E-state index is 0.0254. The van der Waals surface area contributed by atoms with E-state index < -0.39 is 11.6 Å². The quantitative estimate of drug-likeness (QED) is 0.268. The molecule has 3 heterocycles. The van der Waals surface area contributed by atoms with Gasteiger partial charge in [0.2, 0.25) is 0 Å². The summed E-state index contributed by atoms with van der Waals surface area (Å²) in [4.78, 5) is 29.0. The van der Waals surface area contributed by atoms with E-state index >= 15 is 0 Å². The monoisotopic (exact) mass is 601 g/mol. The summed E-state index contributed by atoms with van der Waals surface area (Å²) in [7, 11) is 0. The first-order valence-corrected chi connectivity index (χ1v) is 15.3. The Hall–Kier alpha value is -4.16. The lowest BCUT2D eigenvalue weighted by atomic mass is 9.77. The van der Waals surface area contributed by atoms with E-state index in [1.54, 1.807) is 36.4 Å². The Bertz CT molecular complexity index is 1520. The number of esters is 1. The molecule has 0 saturated carbocycles. The van der Waals surface area contributed by atoms with E-state index in [1.165, 1.54) is 6.07 Å². The van der Waals surface area contributed by atoms with Gasteiger partial charge in [0, 0.05) is 99.8 Å².